The quantitative estimate of drug-likeness (QED) is 0.925. The zero-order valence-corrected chi connectivity index (χ0v) is 11.0. The summed E-state index contributed by atoms with van der Waals surface area (Å²) < 4.78 is 37.5. The molecule has 0 fully saturated rings. The fourth-order valence-electron chi connectivity index (χ4n) is 2.18. The van der Waals surface area contributed by atoms with Gasteiger partial charge in [-0.25, -0.2) is 8.78 Å². The Bertz CT molecular complexity index is 718. The monoisotopic (exact) mass is 291 g/mol. The molecule has 1 unspecified atom stereocenters. The molecule has 1 aliphatic rings. The second-order valence-corrected chi connectivity index (χ2v) is 4.47. The summed E-state index contributed by atoms with van der Waals surface area (Å²) >= 11 is 0. The standard InChI is InChI=1S/C15H11F2NO3/c1-20-12-4-2-3-10-13(12)21-15(18-14(10)19)9-6-5-8(16)7-11(9)17/h2-7,15H,1H3,(H,18,19). The predicted molar refractivity (Wildman–Crippen MR) is 70.2 cm³/mol. The molecule has 3 rings (SSSR count). The van der Waals surface area contributed by atoms with Gasteiger partial charge in [-0.1, -0.05) is 6.07 Å². The average Bonchev–Trinajstić information content (AvgIpc) is 2.46. The average molecular weight is 291 g/mol. The van der Waals surface area contributed by atoms with Gasteiger partial charge in [-0.3, -0.25) is 4.79 Å². The molecule has 0 aromatic heterocycles. The number of carbonyl (C=O) groups excluding carboxylic acids is 1. The normalized spacial score (nSPS) is 16.7. The second kappa shape index (κ2) is 5.05. The zero-order chi connectivity index (χ0) is 15.0. The fraction of sp³-hybridized carbons (Fsp3) is 0.133. The molecule has 0 radical (unpaired) electrons. The highest BCUT2D eigenvalue weighted by Gasteiger charge is 2.30. The number of carbonyl (C=O) groups is 1. The maximum absolute atomic E-state index is 13.8. The Hall–Kier alpha value is -2.63. The maximum Gasteiger partial charge on any atom is 0.258 e. The van der Waals surface area contributed by atoms with Gasteiger partial charge in [0.2, 0.25) is 6.23 Å². The minimum Gasteiger partial charge on any atom is -0.493 e. The largest absolute Gasteiger partial charge is 0.493 e. The van der Waals surface area contributed by atoms with E-state index in [2.05, 4.69) is 5.32 Å². The lowest BCUT2D eigenvalue weighted by atomic mass is 10.1. The number of methoxy groups -OCH3 is 1. The van der Waals surface area contributed by atoms with Gasteiger partial charge in [0.25, 0.3) is 5.91 Å². The van der Waals surface area contributed by atoms with Crippen LogP contribution in [0, 0.1) is 11.6 Å². The minimum atomic E-state index is -1.04. The highest BCUT2D eigenvalue weighted by molar-refractivity contribution is 5.98. The Morgan fingerprint density at radius 2 is 2.05 bits per heavy atom. The van der Waals surface area contributed by atoms with E-state index >= 15 is 0 Å². The molecule has 0 saturated heterocycles. The number of para-hydroxylation sites is 1. The molecule has 1 atom stereocenters. The second-order valence-electron chi connectivity index (χ2n) is 4.47. The van der Waals surface area contributed by atoms with Crippen LogP contribution >= 0.6 is 0 Å². The van der Waals surface area contributed by atoms with Crippen molar-refractivity contribution in [2.24, 2.45) is 0 Å². The number of ether oxygens (including phenoxy) is 2. The highest BCUT2D eigenvalue weighted by Crippen LogP contribution is 2.37. The van der Waals surface area contributed by atoms with Gasteiger partial charge < -0.3 is 14.8 Å². The van der Waals surface area contributed by atoms with Crippen LogP contribution in [0.1, 0.15) is 22.1 Å². The summed E-state index contributed by atoms with van der Waals surface area (Å²) in [4.78, 5) is 12.1. The lowest BCUT2D eigenvalue weighted by molar-refractivity contribution is 0.0739. The Balaban J connectivity index is 2.03. The van der Waals surface area contributed by atoms with Crippen molar-refractivity contribution in [2.75, 3.05) is 7.11 Å². The molecular weight excluding hydrogens is 280 g/mol. The number of fused-ring (bicyclic) bond motifs is 1. The third-order valence-electron chi connectivity index (χ3n) is 3.19. The molecule has 0 spiro atoms. The Morgan fingerprint density at radius 1 is 1.24 bits per heavy atom. The molecule has 1 heterocycles. The van der Waals surface area contributed by atoms with Gasteiger partial charge in [-0.05, 0) is 24.3 Å². The molecule has 0 bridgehead atoms. The summed E-state index contributed by atoms with van der Waals surface area (Å²) in [6.07, 6.45) is -1.04. The summed E-state index contributed by atoms with van der Waals surface area (Å²) in [5.74, 6) is -1.30. The molecule has 2 aromatic rings. The number of hydrogen-bond acceptors (Lipinski definition) is 3. The van der Waals surface area contributed by atoms with Gasteiger partial charge in [0.15, 0.2) is 11.5 Å². The predicted octanol–water partition coefficient (Wildman–Crippen LogP) is 2.79. The lowest BCUT2D eigenvalue weighted by Crippen LogP contribution is -2.37. The summed E-state index contributed by atoms with van der Waals surface area (Å²) in [5.41, 5.74) is 0.342. The van der Waals surface area contributed by atoms with E-state index in [1.165, 1.54) is 13.2 Å². The number of halogens is 2. The molecule has 21 heavy (non-hydrogen) atoms. The molecule has 6 heteroatoms. The number of nitrogens with one attached hydrogen (secondary N) is 1. The van der Waals surface area contributed by atoms with Crippen molar-refractivity contribution >= 4 is 5.91 Å². The van der Waals surface area contributed by atoms with Crippen LogP contribution in [0.15, 0.2) is 36.4 Å². The van der Waals surface area contributed by atoms with Crippen molar-refractivity contribution in [1.29, 1.82) is 0 Å². The van der Waals surface area contributed by atoms with Crippen LogP contribution in [0.5, 0.6) is 11.5 Å². The fourth-order valence-corrected chi connectivity index (χ4v) is 2.18. The summed E-state index contributed by atoms with van der Waals surface area (Å²) in [6.45, 7) is 0. The number of rotatable bonds is 2. The van der Waals surface area contributed by atoms with Crippen molar-refractivity contribution in [3.05, 3.63) is 59.2 Å². The van der Waals surface area contributed by atoms with E-state index < -0.39 is 23.8 Å². The summed E-state index contributed by atoms with van der Waals surface area (Å²) in [6, 6.07) is 7.93. The van der Waals surface area contributed by atoms with Gasteiger partial charge in [-0.15, -0.1) is 0 Å². The molecular formula is C15H11F2NO3. The van der Waals surface area contributed by atoms with E-state index in [4.69, 9.17) is 9.47 Å². The first-order valence-corrected chi connectivity index (χ1v) is 6.19. The Morgan fingerprint density at radius 3 is 2.76 bits per heavy atom. The highest BCUT2D eigenvalue weighted by atomic mass is 19.1. The van der Waals surface area contributed by atoms with Crippen molar-refractivity contribution in [1.82, 2.24) is 5.32 Å². The SMILES string of the molecule is COc1cccc2c1OC(c1ccc(F)cc1F)NC2=O. The first kappa shape index (κ1) is 13.4. The smallest absolute Gasteiger partial charge is 0.258 e. The first-order valence-electron chi connectivity index (χ1n) is 6.19. The molecule has 0 aliphatic carbocycles. The van der Waals surface area contributed by atoms with E-state index in [-0.39, 0.29) is 11.3 Å². The van der Waals surface area contributed by atoms with Crippen LogP contribution in [-0.4, -0.2) is 13.0 Å². The van der Waals surface area contributed by atoms with Crippen LogP contribution in [0.2, 0.25) is 0 Å². The van der Waals surface area contributed by atoms with Crippen LogP contribution in [0.25, 0.3) is 0 Å². The molecule has 4 nitrogen and oxygen atoms in total. The lowest BCUT2D eigenvalue weighted by Gasteiger charge is -2.28. The van der Waals surface area contributed by atoms with Gasteiger partial charge in [-0.2, -0.15) is 0 Å². The minimum absolute atomic E-state index is 0.0429. The molecule has 1 N–H and O–H groups in total. The van der Waals surface area contributed by atoms with Crippen LogP contribution < -0.4 is 14.8 Å². The van der Waals surface area contributed by atoms with E-state index in [0.717, 1.165) is 12.1 Å². The van der Waals surface area contributed by atoms with Crippen LogP contribution in [-0.2, 0) is 0 Å². The topological polar surface area (TPSA) is 47.6 Å². The first-order chi connectivity index (χ1) is 10.1. The molecule has 0 saturated carbocycles. The number of benzene rings is 2. The summed E-state index contributed by atoms with van der Waals surface area (Å²) in [7, 11) is 1.44. The van der Waals surface area contributed by atoms with Gasteiger partial charge >= 0.3 is 0 Å². The van der Waals surface area contributed by atoms with Crippen molar-refractivity contribution < 1.29 is 23.0 Å². The van der Waals surface area contributed by atoms with Crippen molar-refractivity contribution in [2.45, 2.75) is 6.23 Å². The van der Waals surface area contributed by atoms with E-state index in [1.54, 1.807) is 18.2 Å². The van der Waals surface area contributed by atoms with Crippen molar-refractivity contribution in [3.63, 3.8) is 0 Å². The number of hydrogen-bond donors (Lipinski definition) is 1. The Kier molecular flexibility index (Phi) is 3.21. The summed E-state index contributed by atoms with van der Waals surface area (Å²) in [5, 5.41) is 2.52. The molecule has 2 aromatic carbocycles. The third-order valence-corrected chi connectivity index (χ3v) is 3.19. The molecule has 1 aliphatic heterocycles. The number of amides is 1. The van der Waals surface area contributed by atoms with Gasteiger partial charge in [0, 0.05) is 11.6 Å². The van der Waals surface area contributed by atoms with Crippen LogP contribution in [0.4, 0.5) is 8.78 Å². The van der Waals surface area contributed by atoms with E-state index in [0.29, 0.717) is 11.3 Å². The third kappa shape index (κ3) is 2.29. The molecule has 108 valence electrons. The molecule has 1 amide bonds. The van der Waals surface area contributed by atoms with Gasteiger partial charge in [0.05, 0.1) is 12.7 Å². The zero-order valence-electron chi connectivity index (χ0n) is 11.0. The van der Waals surface area contributed by atoms with Gasteiger partial charge in [0.1, 0.15) is 11.6 Å². The maximum atomic E-state index is 13.8. The van der Waals surface area contributed by atoms with Crippen molar-refractivity contribution in [3.8, 4) is 11.5 Å². The van der Waals surface area contributed by atoms with E-state index in [9.17, 15) is 13.6 Å². The Labute approximate surface area is 119 Å². The van der Waals surface area contributed by atoms with Crippen LogP contribution in [0.3, 0.4) is 0 Å². The van der Waals surface area contributed by atoms with E-state index in [1.807, 2.05) is 0 Å².